The molecule has 204 valence electrons. The first-order valence-electron chi connectivity index (χ1n) is 15.4. The Balaban J connectivity index is 1.40. The molecule has 5 aliphatic carbocycles. The van der Waals surface area contributed by atoms with Gasteiger partial charge in [0.15, 0.2) is 0 Å². The molecule has 2 spiro atoms. The predicted octanol–water partition coefficient (Wildman–Crippen LogP) is 8.24. The van der Waals surface area contributed by atoms with Crippen molar-refractivity contribution in [3.8, 4) is 0 Å². The summed E-state index contributed by atoms with van der Waals surface area (Å²) < 4.78 is 5.93. The molecular formula is C33H54O3. The van der Waals surface area contributed by atoms with Gasteiger partial charge in [0.2, 0.25) is 0 Å². The van der Waals surface area contributed by atoms with Gasteiger partial charge < -0.3 is 4.74 Å². The summed E-state index contributed by atoms with van der Waals surface area (Å²) in [5, 5.41) is 0. The average Bonchev–Trinajstić information content (AvgIpc) is 3.19. The first kappa shape index (κ1) is 26.7. The lowest BCUT2D eigenvalue weighted by Crippen LogP contribution is -2.58. The fourth-order valence-corrected chi connectivity index (χ4v) is 12.3. The zero-order chi connectivity index (χ0) is 26.5. The average molecular weight is 499 g/mol. The van der Waals surface area contributed by atoms with Crippen molar-refractivity contribution in [1.82, 2.24) is 0 Å². The minimum Gasteiger partial charge on any atom is -0.462 e. The molecule has 5 rings (SSSR count). The van der Waals surface area contributed by atoms with Gasteiger partial charge in [-0.05, 0) is 109 Å². The van der Waals surface area contributed by atoms with Crippen LogP contribution in [-0.2, 0) is 14.3 Å². The number of hydrogen-bond acceptors (Lipinski definition) is 3. The first-order valence-corrected chi connectivity index (χ1v) is 15.4. The summed E-state index contributed by atoms with van der Waals surface area (Å²) in [5.41, 5.74) is 1.81. The molecule has 0 aliphatic heterocycles. The molecule has 5 aliphatic rings. The fraction of sp³-hybridized carbons (Fsp3) is 0.939. The van der Waals surface area contributed by atoms with E-state index in [4.69, 9.17) is 4.74 Å². The van der Waals surface area contributed by atoms with Gasteiger partial charge >= 0.3 is 5.97 Å². The smallest absolute Gasteiger partial charge is 0.302 e. The van der Waals surface area contributed by atoms with Crippen LogP contribution in [0.25, 0.3) is 0 Å². The molecule has 5 saturated carbocycles. The number of Topliss-reactive ketones (excluding diaryl/α,β-unsaturated/α-hetero) is 1. The van der Waals surface area contributed by atoms with Gasteiger partial charge in [0, 0.05) is 24.7 Å². The van der Waals surface area contributed by atoms with Crippen molar-refractivity contribution in [2.45, 2.75) is 133 Å². The third kappa shape index (κ3) is 3.16. The topological polar surface area (TPSA) is 43.4 Å². The molecule has 3 heteroatoms. The lowest BCUT2D eigenvalue weighted by Gasteiger charge is -2.63. The second-order valence-electron chi connectivity index (χ2n) is 15.6. The highest BCUT2D eigenvalue weighted by molar-refractivity contribution is 5.80. The summed E-state index contributed by atoms with van der Waals surface area (Å²) in [4.78, 5) is 24.3. The molecule has 0 aromatic rings. The second-order valence-corrected chi connectivity index (χ2v) is 15.6. The molecule has 3 nitrogen and oxygen atoms in total. The Morgan fingerprint density at radius 3 is 2.11 bits per heavy atom. The lowest BCUT2D eigenvalue weighted by molar-refractivity contribution is -0.181. The van der Waals surface area contributed by atoms with Gasteiger partial charge in [-0.3, -0.25) is 9.59 Å². The van der Waals surface area contributed by atoms with E-state index in [2.05, 4.69) is 41.5 Å². The minimum atomic E-state index is -0.113. The monoisotopic (exact) mass is 498 g/mol. The first-order chi connectivity index (χ1) is 16.7. The van der Waals surface area contributed by atoms with E-state index in [1.54, 1.807) is 6.92 Å². The zero-order valence-electron chi connectivity index (χ0n) is 24.8. The molecule has 0 heterocycles. The van der Waals surface area contributed by atoms with Crippen molar-refractivity contribution in [2.24, 2.45) is 62.6 Å². The Morgan fingerprint density at radius 1 is 0.833 bits per heavy atom. The van der Waals surface area contributed by atoms with Crippen molar-refractivity contribution < 1.29 is 14.3 Å². The Labute approximate surface area is 221 Å². The number of esters is 1. The molecule has 0 aromatic carbocycles. The van der Waals surface area contributed by atoms with Crippen LogP contribution in [0.4, 0.5) is 0 Å². The number of carbonyl (C=O) groups excluding carboxylic acids is 2. The molecule has 0 amide bonds. The number of ether oxygens (including phenoxy) is 1. The summed E-state index contributed by atoms with van der Waals surface area (Å²) in [5.74, 6) is 4.16. The van der Waals surface area contributed by atoms with Gasteiger partial charge in [0.1, 0.15) is 11.9 Å². The van der Waals surface area contributed by atoms with E-state index in [9.17, 15) is 9.59 Å². The molecule has 10 atom stereocenters. The molecule has 36 heavy (non-hydrogen) atoms. The maximum atomic E-state index is 12.4. The van der Waals surface area contributed by atoms with E-state index < -0.39 is 0 Å². The zero-order valence-corrected chi connectivity index (χ0v) is 24.8. The largest absolute Gasteiger partial charge is 0.462 e. The maximum Gasteiger partial charge on any atom is 0.302 e. The van der Waals surface area contributed by atoms with E-state index in [0.717, 1.165) is 37.0 Å². The third-order valence-corrected chi connectivity index (χ3v) is 14.3. The Kier molecular flexibility index (Phi) is 6.18. The summed E-state index contributed by atoms with van der Waals surface area (Å²) in [7, 11) is 0. The van der Waals surface area contributed by atoms with Gasteiger partial charge in [-0.25, -0.2) is 0 Å². The standard InChI is InChI=1S/C33H54O3/c1-20(2)25(35)11-10-21(3)24-14-16-31(9)27-13-12-26-29(6,7)28(36-23(5)34)15-17-32(26)22(4)33(27,32)19-18-30(24,31)8/h20-22,24,26-28H,10-19H2,1-9H3/t21-,22-,24-,26+,27+,28+,30-,31+,32-,33+/m1/s1. The highest BCUT2D eigenvalue weighted by Gasteiger charge is 2.86. The fourth-order valence-electron chi connectivity index (χ4n) is 12.3. The van der Waals surface area contributed by atoms with Crippen LogP contribution >= 0.6 is 0 Å². The molecule has 0 bridgehead atoms. The number of fused-ring (bicyclic) bond motifs is 2. The maximum absolute atomic E-state index is 12.4. The summed E-state index contributed by atoms with van der Waals surface area (Å²) in [6.45, 7) is 20.9. The molecule has 0 aromatic heterocycles. The highest BCUT2D eigenvalue weighted by Crippen LogP contribution is 2.91. The van der Waals surface area contributed by atoms with Crippen molar-refractivity contribution in [2.75, 3.05) is 0 Å². The van der Waals surface area contributed by atoms with Gasteiger partial charge in [-0.1, -0.05) is 55.4 Å². The van der Waals surface area contributed by atoms with Crippen LogP contribution in [0.15, 0.2) is 0 Å². The number of ketones is 1. The Morgan fingerprint density at radius 2 is 1.47 bits per heavy atom. The van der Waals surface area contributed by atoms with Crippen molar-refractivity contribution in [3.63, 3.8) is 0 Å². The van der Waals surface area contributed by atoms with Gasteiger partial charge in [-0.2, -0.15) is 0 Å². The van der Waals surface area contributed by atoms with Crippen LogP contribution in [0.2, 0.25) is 0 Å². The second kappa shape index (κ2) is 8.32. The number of carbonyl (C=O) groups is 2. The van der Waals surface area contributed by atoms with Gasteiger partial charge in [-0.15, -0.1) is 0 Å². The SMILES string of the molecule is CC(=O)O[C@H]1CC[C@]23[C@@H](C)[C@]24CC[C@]2(C)[C@@H]([C@H](C)CCC(=O)C(C)C)CC[C@@]2(C)[C@@H]4CC[C@H]3C1(C)C. The molecule has 0 saturated heterocycles. The number of rotatable bonds is 6. The van der Waals surface area contributed by atoms with Gasteiger partial charge in [0.25, 0.3) is 0 Å². The predicted molar refractivity (Wildman–Crippen MR) is 145 cm³/mol. The van der Waals surface area contributed by atoms with E-state index >= 15 is 0 Å². The molecule has 5 fully saturated rings. The van der Waals surface area contributed by atoms with Crippen LogP contribution in [-0.4, -0.2) is 17.9 Å². The highest BCUT2D eigenvalue weighted by atomic mass is 16.5. The van der Waals surface area contributed by atoms with Crippen LogP contribution < -0.4 is 0 Å². The van der Waals surface area contributed by atoms with Crippen molar-refractivity contribution in [3.05, 3.63) is 0 Å². The van der Waals surface area contributed by atoms with Crippen molar-refractivity contribution >= 4 is 11.8 Å². The van der Waals surface area contributed by atoms with Crippen LogP contribution in [0.5, 0.6) is 0 Å². The van der Waals surface area contributed by atoms with E-state index in [1.807, 2.05) is 13.8 Å². The van der Waals surface area contributed by atoms with E-state index in [-0.39, 0.29) is 23.4 Å². The molecule has 0 N–H and O–H groups in total. The van der Waals surface area contributed by atoms with Crippen molar-refractivity contribution in [1.29, 1.82) is 0 Å². The summed E-state index contributed by atoms with van der Waals surface area (Å²) in [6, 6.07) is 0. The van der Waals surface area contributed by atoms with Crippen LogP contribution in [0.3, 0.4) is 0 Å². The lowest BCUT2D eigenvalue weighted by atomic mass is 9.41. The summed E-state index contributed by atoms with van der Waals surface area (Å²) >= 11 is 0. The van der Waals surface area contributed by atoms with Gasteiger partial charge in [0.05, 0.1) is 0 Å². The normalized spacial score (nSPS) is 49.3. The minimum absolute atomic E-state index is 0.0595. The molecule has 0 unspecified atom stereocenters. The summed E-state index contributed by atoms with van der Waals surface area (Å²) in [6.07, 6.45) is 12.3. The van der Waals surface area contributed by atoms with E-state index in [0.29, 0.717) is 39.3 Å². The molecule has 0 radical (unpaired) electrons. The Bertz CT molecular complexity index is 920. The van der Waals surface area contributed by atoms with Crippen LogP contribution in [0, 0.1) is 62.6 Å². The quantitative estimate of drug-likeness (QED) is 0.346. The molecular weight excluding hydrogens is 444 g/mol. The number of hydrogen-bond donors (Lipinski definition) is 0. The Hall–Kier alpha value is -0.860. The van der Waals surface area contributed by atoms with Crippen LogP contribution in [0.1, 0.15) is 127 Å². The van der Waals surface area contributed by atoms with E-state index in [1.165, 1.54) is 44.9 Å². The third-order valence-electron chi connectivity index (χ3n) is 14.3.